The molecule has 0 radical (unpaired) electrons. The molecule has 12 heavy (non-hydrogen) atoms. The average Bonchev–Trinajstić information content (AvgIpc) is 2.34. The molecular formula is C8H14O3S. The zero-order chi connectivity index (χ0) is 8.98. The number of sulfone groups is 1. The summed E-state index contributed by atoms with van der Waals surface area (Å²) < 4.78 is 28.4. The monoisotopic (exact) mass is 190 g/mol. The molecule has 0 saturated carbocycles. The molecular weight excluding hydrogens is 176 g/mol. The van der Waals surface area contributed by atoms with Gasteiger partial charge in [-0.15, -0.1) is 0 Å². The van der Waals surface area contributed by atoms with Gasteiger partial charge >= 0.3 is 0 Å². The summed E-state index contributed by atoms with van der Waals surface area (Å²) in [6.45, 7) is 5.07. The molecule has 0 aromatic rings. The molecule has 0 aliphatic carbocycles. The summed E-state index contributed by atoms with van der Waals surface area (Å²) in [6.07, 6.45) is 0. The van der Waals surface area contributed by atoms with E-state index >= 15 is 0 Å². The lowest BCUT2D eigenvalue weighted by Crippen LogP contribution is -2.25. The first-order valence-electron chi connectivity index (χ1n) is 4.23. The van der Waals surface area contributed by atoms with Crippen molar-refractivity contribution >= 4 is 9.84 Å². The minimum atomic E-state index is -2.86. The van der Waals surface area contributed by atoms with Crippen molar-refractivity contribution in [2.75, 3.05) is 19.0 Å². The van der Waals surface area contributed by atoms with E-state index in [-0.39, 0.29) is 16.6 Å². The normalized spacial score (nSPS) is 42.8. The predicted molar refractivity (Wildman–Crippen MR) is 45.7 cm³/mol. The first kappa shape index (κ1) is 8.51. The van der Waals surface area contributed by atoms with Crippen molar-refractivity contribution in [2.24, 2.45) is 11.3 Å². The summed E-state index contributed by atoms with van der Waals surface area (Å²) in [5, 5.41) is -0.215. The quantitative estimate of drug-likeness (QED) is 0.557. The lowest BCUT2D eigenvalue weighted by atomic mass is 9.80. The Morgan fingerprint density at radius 2 is 2.00 bits per heavy atom. The molecule has 0 spiro atoms. The smallest absolute Gasteiger partial charge is 0.156 e. The highest BCUT2D eigenvalue weighted by atomic mass is 32.2. The third-order valence-corrected chi connectivity index (χ3v) is 5.60. The second-order valence-corrected chi connectivity index (χ2v) is 6.70. The lowest BCUT2D eigenvalue weighted by molar-refractivity contribution is 0.154. The molecule has 3 nitrogen and oxygen atoms in total. The Kier molecular flexibility index (Phi) is 1.58. The maximum Gasteiger partial charge on any atom is 0.156 e. The van der Waals surface area contributed by atoms with Gasteiger partial charge in [0.05, 0.1) is 24.2 Å². The van der Waals surface area contributed by atoms with Gasteiger partial charge in [-0.05, 0) is 5.41 Å². The highest BCUT2D eigenvalue weighted by Crippen LogP contribution is 2.44. The molecule has 2 aliphatic heterocycles. The molecule has 0 amide bonds. The summed E-state index contributed by atoms with van der Waals surface area (Å²) in [4.78, 5) is 0. The Hall–Kier alpha value is -0.0900. The van der Waals surface area contributed by atoms with Crippen LogP contribution in [0.25, 0.3) is 0 Å². The van der Waals surface area contributed by atoms with Crippen molar-refractivity contribution in [1.82, 2.24) is 0 Å². The van der Waals surface area contributed by atoms with Crippen molar-refractivity contribution in [2.45, 2.75) is 19.1 Å². The minimum absolute atomic E-state index is 0.0833. The second kappa shape index (κ2) is 2.23. The van der Waals surface area contributed by atoms with Crippen LogP contribution in [0.5, 0.6) is 0 Å². The van der Waals surface area contributed by atoms with Crippen LogP contribution in [-0.4, -0.2) is 32.6 Å². The van der Waals surface area contributed by atoms with Gasteiger partial charge in [-0.1, -0.05) is 13.8 Å². The minimum Gasteiger partial charge on any atom is -0.380 e. The predicted octanol–water partition coefficient (Wildman–Crippen LogP) is 0.456. The molecule has 4 heteroatoms. The van der Waals surface area contributed by atoms with E-state index < -0.39 is 9.84 Å². The molecule has 2 atom stereocenters. The molecule has 2 unspecified atom stereocenters. The molecule has 2 fully saturated rings. The number of rotatable bonds is 0. The van der Waals surface area contributed by atoms with Gasteiger partial charge in [-0.3, -0.25) is 0 Å². The second-order valence-electron chi connectivity index (χ2n) is 4.48. The molecule has 2 rings (SSSR count). The Balaban J connectivity index is 2.42. The van der Waals surface area contributed by atoms with E-state index in [1.54, 1.807) is 0 Å². The van der Waals surface area contributed by atoms with Crippen LogP contribution in [0.3, 0.4) is 0 Å². The zero-order valence-electron chi connectivity index (χ0n) is 7.41. The molecule has 0 bridgehead atoms. The summed E-state index contributed by atoms with van der Waals surface area (Å²) in [5.41, 5.74) is -0.0833. The molecule has 2 aliphatic rings. The van der Waals surface area contributed by atoms with Gasteiger partial charge in [0.25, 0.3) is 0 Å². The van der Waals surface area contributed by atoms with E-state index in [1.807, 2.05) is 13.8 Å². The molecule has 70 valence electrons. The van der Waals surface area contributed by atoms with Gasteiger partial charge in [0.1, 0.15) is 0 Å². The Bertz CT molecular complexity index is 291. The Labute approximate surface area is 73.0 Å². The fourth-order valence-corrected chi connectivity index (χ4v) is 5.07. The largest absolute Gasteiger partial charge is 0.380 e. The maximum atomic E-state index is 11.6. The maximum absolute atomic E-state index is 11.6. The van der Waals surface area contributed by atoms with Crippen molar-refractivity contribution in [3.8, 4) is 0 Å². The van der Waals surface area contributed by atoms with E-state index in [0.717, 1.165) is 0 Å². The number of ether oxygens (including phenoxy) is 1. The van der Waals surface area contributed by atoms with Crippen LogP contribution < -0.4 is 0 Å². The fraction of sp³-hybridized carbons (Fsp3) is 1.00. The van der Waals surface area contributed by atoms with Crippen molar-refractivity contribution in [3.05, 3.63) is 0 Å². The first-order valence-corrected chi connectivity index (χ1v) is 5.94. The molecule has 2 heterocycles. The average molecular weight is 190 g/mol. The van der Waals surface area contributed by atoms with E-state index in [1.165, 1.54) is 0 Å². The van der Waals surface area contributed by atoms with Crippen LogP contribution in [-0.2, 0) is 14.6 Å². The van der Waals surface area contributed by atoms with Crippen LogP contribution in [0.15, 0.2) is 0 Å². The Morgan fingerprint density at radius 3 is 2.58 bits per heavy atom. The van der Waals surface area contributed by atoms with E-state index in [4.69, 9.17) is 4.74 Å². The van der Waals surface area contributed by atoms with Gasteiger partial charge in [0.15, 0.2) is 9.84 Å². The van der Waals surface area contributed by atoms with Gasteiger partial charge in [-0.2, -0.15) is 0 Å². The third kappa shape index (κ3) is 1.01. The highest BCUT2D eigenvalue weighted by Gasteiger charge is 2.54. The van der Waals surface area contributed by atoms with Crippen molar-refractivity contribution in [1.29, 1.82) is 0 Å². The SMILES string of the molecule is CC1(C)CS(=O)(=O)C2COCC21. The Morgan fingerprint density at radius 1 is 1.33 bits per heavy atom. The van der Waals surface area contributed by atoms with Gasteiger partial charge in [-0.25, -0.2) is 8.42 Å². The van der Waals surface area contributed by atoms with Crippen molar-refractivity contribution < 1.29 is 13.2 Å². The zero-order valence-corrected chi connectivity index (χ0v) is 8.23. The summed E-state index contributed by atoms with van der Waals surface area (Å²) in [6, 6.07) is 0. The molecule has 2 saturated heterocycles. The van der Waals surface area contributed by atoms with E-state index in [0.29, 0.717) is 19.0 Å². The van der Waals surface area contributed by atoms with Crippen LogP contribution in [0.1, 0.15) is 13.8 Å². The highest BCUT2D eigenvalue weighted by molar-refractivity contribution is 7.92. The first-order chi connectivity index (χ1) is 5.43. The summed E-state index contributed by atoms with van der Waals surface area (Å²) >= 11 is 0. The van der Waals surface area contributed by atoms with Crippen LogP contribution >= 0.6 is 0 Å². The number of fused-ring (bicyclic) bond motifs is 1. The number of hydrogen-bond donors (Lipinski definition) is 0. The lowest BCUT2D eigenvalue weighted by Gasteiger charge is -2.22. The van der Waals surface area contributed by atoms with Crippen molar-refractivity contribution in [3.63, 3.8) is 0 Å². The fourth-order valence-electron chi connectivity index (χ4n) is 2.35. The third-order valence-electron chi connectivity index (χ3n) is 3.07. The summed E-state index contributed by atoms with van der Waals surface area (Å²) in [7, 11) is -2.86. The molecule has 0 aromatic carbocycles. The molecule has 0 aromatic heterocycles. The van der Waals surface area contributed by atoms with Crippen LogP contribution in [0, 0.1) is 11.3 Å². The summed E-state index contributed by atoms with van der Waals surface area (Å²) in [5.74, 6) is 0.557. The molecule has 0 N–H and O–H groups in total. The van der Waals surface area contributed by atoms with E-state index in [2.05, 4.69) is 0 Å². The topological polar surface area (TPSA) is 43.4 Å². The van der Waals surface area contributed by atoms with Gasteiger partial charge in [0, 0.05) is 5.92 Å². The van der Waals surface area contributed by atoms with E-state index in [9.17, 15) is 8.42 Å². The number of hydrogen-bond acceptors (Lipinski definition) is 3. The van der Waals surface area contributed by atoms with Crippen LogP contribution in [0.4, 0.5) is 0 Å². The standard InChI is InChI=1S/C8H14O3S/c1-8(2)5-12(9,10)7-4-11-3-6(7)8/h6-7H,3-5H2,1-2H3. The van der Waals surface area contributed by atoms with Crippen LogP contribution in [0.2, 0.25) is 0 Å². The van der Waals surface area contributed by atoms with Gasteiger partial charge in [0.2, 0.25) is 0 Å². The van der Waals surface area contributed by atoms with Gasteiger partial charge < -0.3 is 4.74 Å².